The van der Waals surface area contributed by atoms with Gasteiger partial charge in [0.25, 0.3) is 0 Å². The highest BCUT2D eigenvalue weighted by Gasteiger charge is 2.33. The number of hydrogen-bond acceptors (Lipinski definition) is 8. The Morgan fingerprint density at radius 1 is 0.750 bits per heavy atom. The highest BCUT2D eigenvalue weighted by molar-refractivity contribution is 5.96. The van der Waals surface area contributed by atoms with Crippen LogP contribution in [-0.2, 0) is 48.0 Å². The summed E-state index contributed by atoms with van der Waals surface area (Å²) in [5.74, 6) is -4.63. The summed E-state index contributed by atoms with van der Waals surface area (Å²) in [5, 5.41) is 35.7. The molecular weight excluding hydrogens is 771 g/mol. The summed E-state index contributed by atoms with van der Waals surface area (Å²) in [6.45, 7) is 3.18. The van der Waals surface area contributed by atoms with Gasteiger partial charge in [0.2, 0.25) is 29.5 Å². The highest BCUT2D eigenvalue weighted by atomic mass is 16.4. The van der Waals surface area contributed by atoms with Crippen LogP contribution >= 0.6 is 0 Å². The molecular formula is C44H57N7O9. The zero-order valence-electron chi connectivity index (χ0n) is 34.3. The third-order valence-electron chi connectivity index (χ3n) is 10.2. The van der Waals surface area contributed by atoms with Crippen molar-refractivity contribution >= 4 is 41.5 Å². The van der Waals surface area contributed by atoms with Crippen LogP contribution in [0.5, 0.6) is 5.75 Å². The first-order valence-electron chi connectivity index (χ1n) is 20.3. The van der Waals surface area contributed by atoms with Crippen molar-refractivity contribution in [3.05, 3.63) is 102 Å². The fourth-order valence-electron chi connectivity index (χ4n) is 6.79. The quantitative estimate of drug-likeness (QED) is 0.134. The molecule has 16 heteroatoms. The SMILES string of the molecule is CC(C)[C@@H]1NC(=O)[C@H](NC(=O)N[C@@H](Cc2ccccc2)C(=O)O)CCCCNC(=O)[C@H](CCc2ccc(O)cc2)NC(=O)CN(C)C(=O)[C@H](CCc2ccccc2)NC1=O. The van der Waals surface area contributed by atoms with Crippen LogP contribution in [-0.4, -0.2) is 107 Å². The third-order valence-corrected chi connectivity index (χ3v) is 10.2. The molecule has 0 aliphatic carbocycles. The second-order valence-corrected chi connectivity index (χ2v) is 15.4. The van der Waals surface area contributed by atoms with Crippen LogP contribution in [0.2, 0.25) is 0 Å². The number of aromatic hydroxyl groups is 1. The Bertz CT molecular complexity index is 1910. The van der Waals surface area contributed by atoms with Gasteiger partial charge in [-0.25, -0.2) is 9.59 Å². The molecule has 1 heterocycles. The minimum absolute atomic E-state index is 0.00845. The molecule has 3 aromatic carbocycles. The normalized spacial score (nSPS) is 20.6. The van der Waals surface area contributed by atoms with Crippen LogP contribution < -0.4 is 31.9 Å². The molecule has 1 saturated heterocycles. The number of aryl methyl sites for hydroxylation is 2. The van der Waals surface area contributed by atoms with Gasteiger partial charge < -0.3 is 47.0 Å². The number of nitrogens with one attached hydrogen (secondary N) is 6. The van der Waals surface area contributed by atoms with E-state index < -0.39 is 84.2 Å². The van der Waals surface area contributed by atoms with Gasteiger partial charge in [-0.15, -0.1) is 0 Å². The van der Waals surface area contributed by atoms with Gasteiger partial charge in [-0.1, -0.05) is 86.6 Å². The number of rotatable bonds is 12. The van der Waals surface area contributed by atoms with Crippen molar-refractivity contribution in [3.63, 3.8) is 0 Å². The van der Waals surface area contributed by atoms with Crippen LogP contribution in [0.3, 0.4) is 0 Å². The number of nitrogens with zero attached hydrogens (tertiary/aromatic N) is 1. The van der Waals surface area contributed by atoms with Crippen LogP contribution in [0.25, 0.3) is 0 Å². The molecule has 0 saturated carbocycles. The van der Waals surface area contributed by atoms with E-state index in [4.69, 9.17) is 0 Å². The van der Waals surface area contributed by atoms with E-state index in [-0.39, 0.29) is 38.0 Å². The fraction of sp³-hybridized carbons (Fsp3) is 0.432. The van der Waals surface area contributed by atoms with Gasteiger partial charge in [0.05, 0.1) is 6.54 Å². The molecule has 0 unspecified atom stereocenters. The number of likely N-dealkylation sites (N-methyl/N-ethyl adjacent to an activating group) is 1. The number of carboxylic acids is 1. The van der Waals surface area contributed by atoms with E-state index in [1.807, 2.05) is 30.3 Å². The number of hydrogen-bond donors (Lipinski definition) is 8. The molecule has 7 amide bonds. The van der Waals surface area contributed by atoms with Crippen molar-refractivity contribution in [2.75, 3.05) is 20.1 Å². The van der Waals surface area contributed by atoms with Gasteiger partial charge in [0.1, 0.15) is 36.0 Å². The summed E-state index contributed by atoms with van der Waals surface area (Å²) >= 11 is 0. The second-order valence-electron chi connectivity index (χ2n) is 15.4. The Morgan fingerprint density at radius 2 is 1.35 bits per heavy atom. The van der Waals surface area contributed by atoms with Crippen LogP contribution in [0.4, 0.5) is 4.79 Å². The van der Waals surface area contributed by atoms with E-state index in [2.05, 4.69) is 31.9 Å². The van der Waals surface area contributed by atoms with E-state index >= 15 is 0 Å². The van der Waals surface area contributed by atoms with Crippen molar-refractivity contribution in [3.8, 4) is 5.75 Å². The third kappa shape index (κ3) is 15.1. The number of amides is 7. The Hall–Kier alpha value is -6.45. The van der Waals surface area contributed by atoms with Crippen molar-refractivity contribution in [2.45, 2.75) is 95.4 Å². The first-order valence-corrected chi connectivity index (χ1v) is 20.3. The number of carboxylic acid groups (broad SMARTS) is 1. The topological polar surface area (TPSA) is 235 Å². The Balaban J connectivity index is 1.59. The number of carbonyl (C=O) groups excluding carboxylic acids is 6. The lowest BCUT2D eigenvalue weighted by molar-refractivity contribution is -0.139. The van der Waals surface area contributed by atoms with E-state index in [9.17, 15) is 43.8 Å². The molecule has 5 atom stereocenters. The number of phenolic OH excluding ortho intramolecular Hbond substituents is 1. The van der Waals surface area contributed by atoms with Crippen LogP contribution in [0, 0.1) is 5.92 Å². The number of benzene rings is 3. The van der Waals surface area contributed by atoms with Gasteiger partial charge in [-0.2, -0.15) is 0 Å². The zero-order chi connectivity index (χ0) is 43.6. The second kappa shape index (κ2) is 23.2. The maximum atomic E-state index is 14.0. The molecule has 3 aromatic rings. The van der Waals surface area contributed by atoms with E-state index in [0.717, 1.165) is 11.1 Å². The first kappa shape index (κ1) is 46.2. The fourth-order valence-corrected chi connectivity index (χ4v) is 6.79. The van der Waals surface area contributed by atoms with Gasteiger partial charge >= 0.3 is 12.0 Å². The molecule has 8 N–H and O–H groups in total. The lowest BCUT2D eigenvalue weighted by Crippen LogP contribution is -2.59. The number of urea groups is 1. The summed E-state index contributed by atoms with van der Waals surface area (Å²) in [7, 11) is 1.43. The van der Waals surface area contributed by atoms with Gasteiger partial charge in [0.15, 0.2) is 0 Å². The molecule has 4 rings (SSSR count). The van der Waals surface area contributed by atoms with Gasteiger partial charge in [-0.05, 0) is 79.7 Å². The standard InChI is InChI=1S/C44H57N7O9/c1-28(2)38-41(56)47-35(24-20-29-12-6-4-7-13-29)42(57)51(3)27-37(53)46-34(23-19-30-17-21-32(52)22-18-30)39(54)45-25-11-10-16-33(40(55)50-38)48-44(60)49-36(43(58)59)26-31-14-8-5-9-15-31/h4-9,12-15,17-18,21-22,28,33-36,38,52H,10-11,16,19-20,23-27H2,1-3H3,(H,45,54)(H,46,53)(H,47,56)(H,50,55)(H,58,59)(H2,48,49,60)/t33-,34+,35+,36+,38+/m1/s1. The molecule has 1 aliphatic rings. The molecule has 0 spiro atoms. The number of aliphatic carboxylic acids is 1. The Kier molecular flexibility index (Phi) is 17.9. The molecule has 16 nitrogen and oxygen atoms in total. The van der Waals surface area contributed by atoms with Crippen LogP contribution in [0.15, 0.2) is 84.9 Å². The first-order chi connectivity index (χ1) is 28.7. The zero-order valence-corrected chi connectivity index (χ0v) is 34.3. The smallest absolute Gasteiger partial charge is 0.326 e. The molecule has 0 bridgehead atoms. The molecule has 322 valence electrons. The number of carbonyl (C=O) groups is 7. The summed E-state index contributed by atoms with van der Waals surface area (Å²) in [4.78, 5) is 95.4. The summed E-state index contributed by atoms with van der Waals surface area (Å²) in [6.07, 6.45) is 1.87. The molecule has 1 aliphatic heterocycles. The van der Waals surface area contributed by atoms with Gasteiger partial charge in [-0.3, -0.25) is 24.0 Å². The summed E-state index contributed by atoms with van der Waals surface area (Å²) in [5.41, 5.74) is 2.41. The largest absolute Gasteiger partial charge is 0.508 e. The van der Waals surface area contributed by atoms with E-state index in [1.54, 1.807) is 56.3 Å². The maximum Gasteiger partial charge on any atom is 0.326 e. The van der Waals surface area contributed by atoms with Crippen molar-refractivity contribution in [2.24, 2.45) is 5.92 Å². The van der Waals surface area contributed by atoms with Crippen molar-refractivity contribution in [1.82, 2.24) is 36.8 Å². The summed E-state index contributed by atoms with van der Waals surface area (Å²) < 4.78 is 0. The van der Waals surface area contributed by atoms with Crippen molar-refractivity contribution in [1.29, 1.82) is 0 Å². The average molecular weight is 828 g/mol. The monoisotopic (exact) mass is 827 g/mol. The average Bonchev–Trinajstić information content (AvgIpc) is 3.22. The van der Waals surface area contributed by atoms with E-state index in [0.29, 0.717) is 31.2 Å². The molecule has 1 fully saturated rings. The van der Waals surface area contributed by atoms with Gasteiger partial charge in [0, 0.05) is 20.0 Å². The summed E-state index contributed by atoms with van der Waals surface area (Å²) in [6, 6.07) is 17.9. The molecule has 0 aromatic heterocycles. The van der Waals surface area contributed by atoms with Crippen molar-refractivity contribution < 1.29 is 43.8 Å². The Labute approximate surface area is 350 Å². The maximum absolute atomic E-state index is 14.0. The predicted octanol–water partition coefficient (Wildman–Crippen LogP) is 2.19. The molecule has 60 heavy (non-hydrogen) atoms. The lowest BCUT2D eigenvalue weighted by atomic mass is 9.99. The number of phenols is 1. The molecule has 0 radical (unpaired) electrons. The predicted molar refractivity (Wildman–Crippen MR) is 223 cm³/mol. The van der Waals surface area contributed by atoms with E-state index in [1.165, 1.54) is 24.1 Å². The highest BCUT2D eigenvalue weighted by Crippen LogP contribution is 2.14. The van der Waals surface area contributed by atoms with Crippen LogP contribution in [0.1, 0.15) is 62.6 Å². The minimum Gasteiger partial charge on any atom is -0.508 e. The lowest BCUT2D eigenvalue weighted by Gasteiger charge is -2.29. The minimum atomic E-state index is -1.31. The Morgan fingerprint density at radius 3 is 1.97 bits per heavy atom.